The van der Waals surface area contributed by atoms with Crippen LogP contribution in [-0.2, 0) is 14.9 Å². The van der Waals surface area contributed by atoms with Crippen LogP contribution < -0.4 is 14.2 Å². The predicted molar refractivity (Wildman–Crippen MR) is 93.3 cm³/mol. The zero-order chi connectivity index (χ0) is 17.6. The summed E-state index contributed by atoms with van der Waals surface area (Å²) in [5.41, 5.74) is 1.02. The number of hydrogen-bond donors (Lipinski definition) is 2. The summed E-state index contributed by atoms with van der Waals surface area (Å²) in [6, 6.07) is 7.51. The fraction of sp³-hybridized carbons (Fsp3) is 0.625. The van der Waals surface area contributed by atoms with Crippen LogP contribution in [0.15, 0.2) is 24.3 Å². The molecule has 1 aliphatic rings. The highest BCUT2D eigenvalue weighted by Gasteiger charge is 2.25. The minimum Gasteiger partial charge on any atom is -0.497 e. The largest absolute Gasteiger partial charge is 0.497 e. The topological polar surface area (TPSA) is 79.9 Å². The summed E-state index contributed by atoms with van der Waals surface area (Å²) < 4.78 is 40.1. The van der Waals surface area contributed by atoms with E-state index in [1.54, 1.807) is 21.0 Å². The summed E-state index contributed by atoms with van der Waals surface area (Å²) >= 11 is 0. The molecule has 136 valence electrons. The summed E-state index contributed by atoms with van der Waals surface area (Å²) in [4.78, 5) is 2.23. The summed E-state index contributed by atoms with van der Waals surface area (Å²) in [6.07, 6.45) is 0. The number of ether oxygens (including phenoxy) is 2. The van der Waals surface area contributed by atoms with Crippen LogP contribution in [0.2, 0.25) is 0 Å². The lowest BCUT2D eigenvalue weighted by Crippen LogP contribution is -2.47. The summed E-state index contributed by atoms with van der Waals surface area (Å²) in [5, 5.41) is 0. The molecule has 0 radical (unpaired) electrons. The molecule has 7 nitrogen and oxygen atoms in total. The molecule has 0 aromatic heterocycles. The van der Waals surface area contributed by atoms with E-state index >= 15 is 0 Å². The SMILES string of the molecule is COc1cccc(C(CNS(=O)(=O)NC(C)C)N2CCOCC2)c1. The van der Waals surface area contributed by atoms with E-state index < -0.39 is 10.2 Å². The van der Waals surface area contributed by atoms with Crippen molar-refractivity contribution in [2.45, 2.75) is 25.9 Å². The molecule has 1 aliphatic heterocycles. The second-order valence-electron chi connectivity index (χ2n) is 6.07. The van der Waals surface area contributed by atoms with Gasteiger partial charge in [0.15, 0.2) is 0 Å². The Bertz CT molecular complexity index is 616. The van der Waals surface area contributed by atoms with Gasteiger partial charge in [0.05, 0.1) is 20.3 Å². The minimum absolute atomic E-state index is 0.0762. The molecular formula is C16H27N3O4S. The maximum atomic E-state index is 12.1. The zero-order valence-electron chi connectivity index (χ0n) is 14.5. The van der Waals surface area contributed by atoms with Crippen molar-refractivity contribution in [1.29, 1.82) is 0 Å². The molecule has 1 aromatic carbocycles. The standard InChI is InChI=1S/C16H27N3O4S/c1-13(2)18-24(20,21)17-12-16(19-7-9-23-10-8-19)14-5-4-6-15(11-14)22-3/h4-6,11,13,16-18H,7-10,12H2,1-3H3. The summed E-state index contributed by atoms with van der Waals surface area (Å²) in [5.74, 6) is 0.758. The molecule has 1 aromatic rings. The van der Waals surface area contributed by atoms with E-state index in [1.807, 2.05) is 24.3 Å². The first kappa shape index (κ1) is 19.1. The van der Waals surface area contributed by atoms with Crippen molar-refractivity contribution in [3.8, 4) is 5.75 Å². The normalized spacial score (nSPS) is 17.8. The fourth-order valence-electron chi connectivity index (χ4n) is 2.74. The van der Waals surface area contributed by atoms with E-state index in [0.717, 1.165) is 24.4 Å². The molecule has 0 spiro atoms. The zero-order valence-corrected chi connectivity index (χ0v) is 15.3. The van der Waals surface area contributed by atoms with Gasteiger partial charge >= 0.3 is 0 Å². The van der Waals surface area contributed by atoms with Gasteiger partial charge in [-0.05, 0) is 31.5 Å². The molecule has 1 fully saturated rings. The van der Waals surface area contributed by atoms with Crippen molar-refractivity contribution in [3.63, 3.8) is 0 Å². The lowest BCUT2D eigenvalue weighted by Gasteiger charge is -2.35. The summed E-state index contributed by atoms with van der Waals surface area (Å²) in [6.45, 7) is 6.70. The first-order valence-corrected chi connectivity index (χ1v) is 9.62. The number of rotatable bonds is 8. The fourth-order valence-corrected chi connectivity index (χ4v) is 3.82. The number of nitrogens with one attached hydrogen (secondary N) is 2. The molecule has 2 N–H and O–H groups in total. The second kappa shape index (κ2) is 8.77. The maximum Gasteiger partial charge on any atom is 0.277 e. The van der Waals surface area contributed by atoms with Crippen LogP contribution >= 0.6 is 0 Å². The molecule has 0 aliphatic carbocycles. The average Bonchev–Trinajstić information content (AvgIpc) is 2.55. The molecule has 0 amide bonds. The molecule has 1 saturated heterocycles. The van der Waals surface area contributed by atoms with E-state index in [4.69, 9.17) is 9.47 Å². The highest BCUT2D eigenvalue weighted by molar-refractivity contribution is 7.87. The van der Waals surface area contributed by atoms with Gasteiger partial charge in [-0.3, -0.25) is 4.90 Å². The Labute approximate surface area is 144 Å². The van der Waals surface area contributed by atoms with Gasteiger partial charge in [-0.15, -0.1) is 0 Å². The third-order valence-corrected chi connectivity index (χ3v) is 5.15. The molecule has 0 bridgehead atoms. The number of benzene rings is 1. The van der Waals surface area contributed by atoms with Gasteiger partial charge in [0.25, 0.3) is 10.2 Å². The van der Waals surface area contributed by atoms with Crippen LogP contribution in [0, 0.1) is 0 Å². The van der Waals surface area contributed by atoms with Crippen molar-refractivity contribution in [2.24, 2.45) is 0 Å². The highest BCUT2D eigenvalue weighted by Crippen LogP contribution is 2.24. The monoisotopic (exact) mass is 357 g/mol. The van der Waals surface area contributed by atoms with Crippen LogP contribution in [0.4, 0.5) is 0 Å². The van der Waals surface area contributed by atoms with Crippen molar-refractivity contribution >= 4 is 10.2 Å². The Morgan fingerprint density at radius 3 is 2.62 bits per heavy atom. The van der Waals surface area contributed by atoms with Gasteiger partial charge in [-0.1, -0.05) is 12.1 Å². The first-order chi connectivity index (χ1) is 11.4. The Kier molecular flexibility index (Phi) is 7.00. The van der Waals surface area contributed by atoms with Crippen molar-refractivity contribution in [3.05, 3.63) is 29.8 Å². The molecule has 1 atom stereocenters. The van der Waals surface area contributed by atoms with Gasteiger partial charge in [0.1, 0.15) is 5.75 Å². The van der Waals surface area contributed by atoms with Gasteiger partial charge < -0.3 is 9.47 Å². The van der Waals surface area contributed by atoms with Crippen LogP contribution in [-0.4, -0.2) is 59.3 Å². The maximum absolute atomic E-state index is 12.1. The number of morpholine rings is 1. The number of nitrogens with zero attached hydrogens (tertiary/aromatic N) is 1. The molecule has 8 heteroatoms. The molecule has 0 saturated carbocycles. The van der Waals surface area contributed by atoms with Crippen LogP contribution in [0.1, 0.15) is 25.5 Å². The van der Waals surface area contributed by atoms with Crippen LogP contribution in [0.5, 0.6) is 5.75 Å². The molecular weight excluding hydrogens is 330 g/mol. The van der Waals surface area contributed by atoms with E-state index in [-0.39, 0.29) is 18.6 Å². The van der Waals surface area contributed by atoms with E-state index in [2.05, 4.69) is 14.3 Å². The second-order valence-corrected chi connectivity index (χ2v) is 7.60. The Morgan fingerprint density at radius 2 is 2.00 bits per heavy atom. The van der Waals surface area contributed by atoms with Crippen LogP contribution in [0.25, 0.3) is 0 Å². The smallest absolute Gasteiger partial charge is 0.277 e. The molecule has 1 unspecified atom stereocenters. The average molecular weight is 357 g/mol. The predicted octanol–water partition coefficient (Wildman–Crippen LogP) is 0.901. The Morgan fingerprint density at radius 1 is 1.29 bits per heavy atom. The number of hydrogen-bond acceptors (Lipinski definition) is 5. The van der Waals surface area contributed by atoms with Crippen LogP contribution in [0.3, 0.4) is 0 Å². The third-order valence-electron chi connectivity index (χ3n) is 3.82. The lowest BCUT2D eigenvalue weighted by atomic mass is 10.0. The van der Waals surface area contributed by atoms with Gasteiger partial charge in [0.2, 0.25) is 0 Å². The Balaban J connectivity index is 2.16. The van der Waals surface area contributed by atoms with E-state index in [1.165, 1.54) is 0 Å². The van der Waals surface area contributed by atoms with E-state index in [9.17, 15) is 8.42 Å². The van der Waals surface area contributed by atoms with Crippen molar-refractivity contribution in [1.82, 2.24) is 14.3 Å². The quantitative estimate of drug-likeness (QED) is 0.723. The van der Waals surface area contributed by atoms with Crippen molar-refractivity contribution < 1.29 is 17.9 Å². The number of methoxy groups -OCH3 is 1. The third kappa shape index (κ3) is 5.71. The highest BCUT2D eigenvalue weighted by atomic mass is 32.2. The molecule has 2 rings (SSSR count). The minimum atomic E-state index is -3.53. The lowest BCUT2D eigenvalue weighted by molar-refractivity contribution is 0.0171. The van der Waals surface area contributed by atoms with E-state index in [0.29, 0.717) is 13.2 Å². The Hall–Kier alpha value is -1.19. The molecule has 24 heavy (non-hydrogen) atoms. The summed E-state index contributed by atoms with van der Waals surface area (Å²) in [7, 11) is -1.90. The van der Waals surface area contributed by atoms with Gasteiger partial charge in [-0.2, -0.15) is 13.1 Å². The van der Waals surface area contributed by atoms with Gasteiger partial charge in [-0.25, -0.2) is 4.72 Å². The van der Waals surface area contributed by atoms with Crippen molar-refractivity contribution in [2.75, 3.05) is 40.0 Å². The molecule has 1 heterocycles. The first-order valence-electron chi connectivity index (χ1n) is 8.14. The van der Waals surface area contributed by atoms with Gasteiger partial charge in [0, 0.05) is 31.7 Å².